The van der Waals surface area contributed by atoms with Gasteiger partial charge in [0, 0.05) is 23.0 Å². The summed E-state index contributed by atoms with van der Waals surface area (Å²) in [4.78, 5) is 32.0. The molecule has 0 saturated carbocycles. The monoisotopic (exact) mass is 486 g/mol. The number of hydrogen-bond donors (Lipinski definition) is 0. The standard InChI is InChI=1S/C25H27FN2O3S2/c1-25(2,3)28(24(30)22-8-5-12-32-22)15-23(29)27-11-9-21-19(10-13-33-21)20(27)16-31-18-7-4-6-17(26)14-18/h4-8,10,12-14,20H,9,11,15-16H2,1-3H3. The van der Waals surface area contributed by atoms with Crippen molar-refractivity contribution in [3.05, 3.63) is 74.4 Å². The van der Waals surface area contributed by atoms with Gasteiger partial charge in [0.25, 0.3) is 5.91 Å². The van der Waals surface area contributed by atoms with Crippen LogP contribution in [0.3, 0.4) is 0 Å². The zero-order valence-corrected chi connectivity index (χ0v) is 20.5. The van der Waals surface area contributed by atoms with Gasteiger partial charge in [0.2, 0.25) is 5.91 Å². The lowest BCUT2D eigenvalue weighted by atomic mass is 9.99. The Kier molecular flexibility index (Phi) is 6.86. The summed E-state index contributed by atoms with van der Waals surface area (Å²) in [6.45, 7) is 6.55. The topological polar surface area (TPSA) is 49.9 Å². The van der Waals surface area contributed by atoms with Crippen LogP contribution in [0.25, 0.3) is 0 Å². The van der Waals surface area contributed by atoms with Gasteiger partial charge in [-0.15, -0.1) is 22.7 Å². The molecular weight excluding hydrogens is 459 g/mol. The van der Waals surface area contributed by atoms with Crippen molar-refractivity contribution in [1.29, 1.82) is 0 Å². The fourth-order valence-corrected chi connectivity index (χ4v) is 5.58. The van der Waals surface area contributed by atoms with Crippen LogP contribution in [0.15, 0.2) is 53.2 Å². The molecule has 0 fully saturated rings. The lowest BCUT2D eigenvalue weighted by molar-refractivity contribution is -0.136. The molecule has 1 aromatic carbocycles. The van der Waals surface area contributed by atoms with Gasteiger partial charge in [-0.25, -0.2) is 4.39 Å². The highest BCUT2D eigenvalue weighted by atomic mass is 32.1. The molecule has 2 aromatic heterocycles. The highest BCUT2D eigenvalue weighted by Gasteiger charge is 2.36. The van der Waals surface area contributed by atoms with Crippen LogP contribution in [0.5, 0.6) is 5.75 Å². The Morgan fingerprint density at radius 2 is 1.97 bits per heavy atom. The summed E-state index contributed by atoms with van der Waals surface area (Å²) >= 11 is 3.04. The number of ether oxygens (including phenoxy) is 1. The Labute approximate surface area is 201 Å². The SMILES string of the molecule is CC(C)(C)N(CC(=O)N1CCc2sccc2C1COc1cccc(F)c1)C(=O)c1cccs1. The van der Waals surface area contributed by atoms with Crippen LogP contribution in [-0.4, -0.2) is 46.8 Å². The van der Waals surface area contributed by atoms with Crippen LogP contribution in [0.4, 0.5) is 4.39 Å². The van der Waals surface area contributed by atoms with Crippen LogP contribution in [0, 0.1) is 5.82 Å². The number of hydrogen-bond acceptors (Lipinski definition) is 5. The first kappa shape index (κ1) is 23.4. The summed E-state index contributed by atoms with van der Waals surface area (Å²) in [6.07, 6.45) is 0.767. The third-order valence-corrected chi connectivity index (χ3v) is 7.55. The molecule has 0 aliphatic carbocycles. The van der Waals surface area contributed by atoms with E-state index in [0.29, 0.717) is 17.2 Å². The molecule has 2 amide bonds. The van der Waals surface area contributed by atoms with Crippen molar-refractivity contribution in [3.8, 4) is 5.75 Å². The third-order valence-electron chi connectivity index (χ3n) is 5.70. The molecule has 174 valence electrons. The number of carbonyl (C=O) groups is 2. The van der Waals surface area contributed by atoms with E-state index in [2.05, 4.69) is 0 Å². The molecule has 0 saturated heterocycles. The van der Waals surface area contributed by atoms with E-state index in [1.54, 1.807) is 39.3 Å². The number of rotatable bonds is 6. The zero-order valence-electron chi connectivity index (χ0n) is 18.9. The van der Waals surface area contributed by atoms with Gasteiger partial charge in [-0.3, -0.25) is 9.59 Å². The van der Waals surface area contributed by atoms with Crippen LogP contribution in [-0.2, 0) is 11.2 Å². The second kappa shape index (κ2) is 9.65. The molecule has 3 heterocycles. The zero-order chi connectivity index (χ0) is 23.6. The maximum Gasteiger partial charge on any atom is 0.264 e. The lowest BCUT2D eigenvalue weighted by Gasteiger charge is -2.40. The summed E-state index contributed by atoms with van der Waals surface area (Å²) in [5, 5.41) is 3.88. The van der Waals surface area contributed by atoms with E-state index in [9.17, 15) is 14.0 Å². The molecule has 33 heavy (non-hydrogen) atoms. The van der Waals surface area contributed by atoms with Crippen LogP contribution < -0.4 is 4.74 Å². The summed E-state index contributed by atoms with van der Waals surface area (Å²) in [5.74, 6) is -0.215. The van der Waals surface area contributed by atoms with Crippen LogP contribution >= 0.6 is 22.7 Å². The average Bonchev–Trinajstić information content (AvgIpc) is 3.46. The van der Waals surface area contributed by atoms with E-state index in [4.69, 9.17) is 4.74 Å². The molecule has 5 nitrogen and oxygen atoms in total. The quantitative estimate of drug-likeness (QED) is 0.469. The molecule has 1 aliphatic heterocycles. The van der Waals surface area contributed by atoms with Gasteiger partial charge in [-0.1, -0.05) is 12.1 Å². The van der Waals surface area contributed by atoms with Crippen molar-refractivity contribution in [2.75, 3.05) is 19.7 Å². The first-order valence-corrected chi connectivity index (χ1v) is 12.6. The van der Waals surface area contributed by atoms with Gasteiger partial charge in [0.15, 0.2) is 0 Å². The van der Waals surface area contributed by atoms with Crippen molar-refractivity contribution in [3.63, 3.8) is 0 Å². The second-order valence-corrected chi connectivity index (χ2v) is 10.9. The number of halogens is 1. The Balaban J connectivity index is 1.55. The van der Waals surface area contributed by atoms with E-state index in [1.165, 1.54) is 28.3 Å². The molecule has 0 radical (unpaired) electrons. The molecule has 1 aliphatic rings. The van der Waals surface area contributed by atoms with Crippen molar-refractivity contribution in [2.24, 2.45) is 0 Å². The molecule has 0 spiro atoms. The maximum absolute atomic E-state index is 13.6. The van der Waals surface area contributed by atoms with Gasteiger partial charge in [-0.05, 0) is 67.8 Å². The van der Waals surface area contributed by atoms with Gasteiger partial charge >= 0.3 is 0 Å². The minimum atomic E-state index is -0.520. The summed E-state index contributed by atoms with van der Waals surface area (Å²) in [6, 6.07) is 11.4. The molecule has 3 aromatic rings. The van der Waals surface area contributed by atoms with Crippen LogP contribution in [0.2, 0.25) is 0 Å². The number of amides is 2. The van der Waals surface area contributed by atoms with Crippen molar-refractivity contribution in [1.82, 2.24) is 9.80 Å². The molecule has 4 rings (SSSR count). The summed E-state index contributed by atoms with van der Waals surface area (Å²) in [7, 11) is 0. The molecule has 0 N–H and O–H groups in total. The van der Waals surface area contributed by atoms with E-state index < -0.39 is 5.54 Å². The van der Waals surface area contributed by atoms with Crippen molar-refractivity contribution < 1.29 is 18.7 Å². The first-order valence-electron chi connectivity index (χ1n) is 10.8. The fourth-order valence-electron chi connectivity index (χ4n) is 3.98. The molecule has 0 bridgehead atoms. The minimum absolute atomic E-state index is 0.0177. The lowest BCUT2D eigenvalue weighted by Crippen LogP contribution is -2.53. The third kappa shape index (κ3) is 5.28. The number of benzene rings is 1. The number of thiophene rings is 2. The maximum atomic E-state index is 13.6. The molecule has 1 atom stereocenters. The minimum Gasteiger partial charge on any atom is -0.491 e. The fraction of sp³-hybridized carbons (Fsp3) is 0.360. The van der Waals surface area contributed by atoms with Gasteiger partial charge in [0.1, 0.15) is 24.7 Å². The molecule has 1 unspecified atom stereocenters. The van der Waals surface area contributed by atoms with E-state index in [0.717, 1.165) is 12.0 Å². The largest absolute Gasteiger partial charge is 0.491 e. The Bertz CT molecular complexity index is 1120. The molecular formula is C25H27FN2O3S2. The highest BCUT2D eigenvalue weighted by Crippen LogP contribution is 2.34. The summed E-state index contributed by atoms with van der Waals surface area (Å²) in [5.41, 5.74) is 0.538. The Morgan fingerprint density at radius 1 is 1.15 bits per heavy atom. The van der Waals surface area contributed by atoms with Gasteiger partial charge in [-0.2, -0.15) is 0 Å². The first-order chi connectivity index (χ1) is 15.7. The normalized spacial score (nSPS) is 15.8. The predicted molar refractivity (Wildman–Crippen MR) is 129 cm³/mol. The smallest absolute Gasteiger partial charge is 0.264 e. The Morgan fingerprint density at radius 3 is 2.67 bits per heavy atom. The predicted octanol–water partition coefficient (Wildman–Crippen LogP) is 5.39. The van der Waals surface area contributed by atoms with E-state index >= 15 is 0 Å². The number of fused-ring (bicyclic) bond motifs is 1. The molecule has 8 heteroatoms. The van der Waals surface area contributed by atoms with Gasteiger partial charge < -0.3 is 14.5 Å². The van der Waals surface area contributed by atoms with E-state index in [-0.39, 0.29) is 36.8 Å². The van der Waals surface area contributed by atoms with Crippen molar-refractivity contribution >= 4 is 34.5 Å². The number of nitrogens with zero attached hydrogens (tertiary/aromatic N) is 2. The highest BCUT2D eigenvalue weighted by molar-refractivity contribution is 7.12. The van der Waals surface area contributed by atoms with Gasteiger partial charge in [0.05, 0.1) is 10.9 Å². The average molecular weight is 487 g/mol. The summed E-state index contributed by atoms with van der Waals surface area (Å²) < 4.78 is 19.5. The second-order valence-electron chi connectivity index (χ2n) is 8.96. The Hall–Kier alpha value is -2.71. The van der Waals surface area contributed by atoms with E-state index in [1.807, 2.05) is 43.7 Å². The van der Waals surface area contributed by atoms with Crippen molar-refractivity contribution in [2.45, 2.75) is 38.8 Å². The number of carbonyl (C=O) groups excluding carboxylic acids is 2. The van der Waals surface area contributed by atoms with Crippen LogP contribution in [0.1, 0.15) is 46.9 Å².